The summed E-state index contributed by atoms with van der Waals surface area (Å²) in [7, 11) is 0. The summed E-state index contributed by atoms with van der Waals surface area (Å²) < 4.78 is 39.9. The van der Waals surface area contributed by atoms with Crippen molar-refractivity contribution in [3.05, 3.63) is 71.0 Å². The first-order chi connectivity index (χ1) is 12.5. The van der Waals surface area contributed by atoms with Crippen molar-refractivity contribution in [3.63, 3.8) is 0 Å². The second kappa shape index (κ2) is 7.59. The molecule has 0 atom stereocenters. The van der Waals surface area contributed by atoms with Crippen LogP contribution in [0.3, 0.4) is 0 Å². The number of halogens is 3. The summed E-state index contributed by atoms with van der Waals surface area (Å²) in [5.41, 5.74) is 0.0607. The first kappa shape index (κ1) is 18.0. The Labute approximate surface area is 148 Å². The van der Waals surface area contributed by atoms with Gasteiger partial charge in [0, 0.05) is 24.7 Å². The van der Waals surface area contributed by atoms with Gasteiger partial charge in [-0.05, 0) is 37.1 Å². The number of carbonyl (C=O) groups is 2. The van der Waals surface area contributed by atoms with Gasteiger partial charge in [-0.15, -0.1) is 0 Å². The average Bonchev–Trinajstić information content (AvgIpc) is 2.67. The summed E-state index contributed by atoms with van der Waals surface area (Å²) in [6, 6.07) is 10.2. The smallest absolute Gasteiger partial charge is 0.254 e. The number of likely N-dealkylation sites (tertiary alicyclic amines) is 1. The minimum Gasteiger partial charge on any atom is -0.349 e. The number of amides is 2. The molecule has 1 heterocycles. The van der Waals surface area contributed by atoms with Gasteiger partial charge in [-0.25, -0.2) is 13.2 Å². The van der Waals surface area contributed by atoms with Crippen LogP contribution in [0.1, 0.15) is 33.6 Å². The molecule has 4 nitrogen and oxygen atoms in total. The molecule has 2 amide bonds. The molecule has 0 saturated carbocycles. The maximum Gasteiger partial charge on any atom is 0.254 e. The van der Waals surface area contributed by atoms with Gasteiger partial charge in [-0.2, -0.15) is 0 Å². The van der Waals surface area contributed by atoms with E-state index >= 15 is 0 Å². The van der Waals surface area contributed by atoms with Gasteiger partial charge in [0.2, 0.25) is 0 Å². The van der Waals surface area contributed by atoms with E-state index in [2.05, 4.69) is 5.32 Å². The van der Waals surface area contributed by atoms with E-state index in [1.54, 1.807) is 29.2 Å². The Morgan fingerprint density at radius 1 is 0.923 bits per heavy atom. The van der Waals surface area contributed by atoms with Crippen LogP contribution in [0.15, 0.2) is 42.5 Å². The predicted octanol–water partition coefficient (Wildman–Crippen LogP) is 3.14. The van der Waals surface area contributed by atoms with Crippen LogP contribution in [0.4, 0.5) is 13.2 Å². The van der Waals surface area contributed by atoms with Crippen molar-refractivity contribution in [1.29, 1.82) is 0 Å². The molecule has 1 aliphatic rings. The van der Waals surface area contributed by atoms with Crippen LogP contribution in [-0.2, 0) is 0 Å². The van der Waals surface area contributed by atoms with Crippen molar-refractivity contribution in [2.24, 2.45) is 0 Å². The number of carbonyl (C=O) groups excluding carboxylic acids is 2. The van der Waals surface area contributed by atoms with Crippen LogP contribution in [0.25, 0.3) is 0 Å². The topological polar surface area (TPSA) is 49.4 Å². The number of nitrogens with zero attached hydrogens (tertiary/aromatic N) is 1. The Balaban J connectivity index is 1.58. The molecular formula is C19H17F3N2O2. The van der Waals surface area contributed by atoms with E-state index in [1.807, 2.05) is 6.07 Å². The third-order valence-electron chi connectivity index (χ3n) is 4.42. The molecule has 1 aliphatic heterocycles. The molecule has 1 N–H and O–H groups in total. The fourth-order valence-electron chi connectivity index (χ4n) is 2.95. The maximum atomic E-state index is 13.7. The molecule has 0 unspecified atom stereocenters. The largest absolute Gasteiger partial charge is 0.349 e. The highest BCUT2D eigenvalue weighted by atomic mass is 19.2. The summed E-state index contributed by atoms with van der Waals surface area (Å²) in [6.45, 7) is 0.887. The van der Waals surface area contributed by atoms with E-state index in [1.165, 1.54) is 0 Å². The highest BCUT2D eigenvalue weighted by Crippen LogP contribution is 2.17. The number of piperidine rings is 1. The first-order valence-corrected chi connectivity index (χ1v) is 8.26. The third kappa shape index (κ3) is 3.71. The second-order valence-electron chi connectivity index (χ2n) is 6.13. The number of hydrogen-bond donors (Lipinski definition) is 1. The number of nitrogens with one attached hydrogen (secondary N) is 1. The lowest BCUT2D eigenvalue weighted by molar-refractivity contribution is 0.0697. The maximum absolute atomic E-state index is 13.7. The van der Waals surface area contributed by atoms with Crippen molar-refractivity contribution < 1.29 is 22.8 Å². The van der Waals surface area contributed by atoms with Gasteiger partial charge in [0.05, 0.1) is 5.56 Å². The molecule has 3 rings (SSSR count). The third-order valence-corrected chi connectivity index (χ3v) is 4.42. The summed E-state index contributed by atoms with van der Waals surface area (Å²) in [5, 5.41) is 2.62. The van der Waals surface area contributed by atoms with Gasteiger partial charge >= 0.3 is 0 Å². The highest BCUT2D eigenvalue weighted by molar-refractivity contribution is 5.95. The van der Waals surface area contributed by atoms with E-state index in [4.69, 9.17) is 0 Å². The van der Waals surface area contributed by atoms with Crippen molar-refractivity contribution >= 4 is 11.8 Å². The quantitative estimate of drug-likeness (QED) is 0.853. The van der Waals surface area contributed by atoms with Crippen molar-refractivity contribution in [3.8, 4) is 0 Å². The highest BCUT2D eigenvalue weighted by Gasteiger charge is 2.26. The molecule has 0 spiro atoms. The standard InChI is InChI=1S/C19H17F3N2O2/c20-15-7-6-14(16(21)17(15)22)18(25)23-13-8-10-24(11-9-13)19(26)12-4-2-1-3-5-12/h1-7,13H,8-11H2,(H,23,25). The molecule has 2 aromatic carbocycles. The second-order valence-corrected chi connectivity index (χ2v) is 6.13. The fourth-order valence-corrected chi connectivity index (χ4v) is 2.95. The van der Waals surface area contributed by atoms with Crippen LogP contribution in [0.5, 0.6) is 0 Å². The first-order valence-electron chi connectivity index (χ1n) is 8.26. The SMILES string of the molecule is O=C(NC1CCN(C(=O)c2ccccc2)CC1)c1ccc(F)c(F)c1F. The molecule has 0 radical (unpaired) electrons. The molecule has 1 fully saturated rings. The molecule has 2 aromatic rings. The van der Waals surface area contributed by atoms with E-state index in [-0.39, 0.29) is 11.9 Å². The monoisotopic (exact) mass is 362 g/mol. The number of rotatable bonds is 3. The fraction of sp³-hybridized carbons (Fsp3) is 0.263. The Kier molecular flexibility index (Phi) is 5.25. The predicted molar refractivity (Wildman–Crippen MR) is 89.1 cm³/mol. The van der Waals surface area contributed by atoms with Gasteiger partial charge in [0.25, 0.3) is 11.8 Å². The minimum absolute atomic E-state index is 0.0815. The summed E-state index contributed by atoms with van der Waals surface area (Å²) >= 11 is 0. The Bertz CT molecular complexity index is 819. The van der Waals surface area contributed by atoms with Crippen LogP contribution >= 0.6 is 0 Å². The molecule has 0 aliphatic carbocycles. The van der Waals surface area contributed by atoms with Gasteiger partial charge in [0.15, 0.2) is 17.5 Å². The van der Waals surface area contributed by atoms with E-state index in [0.717, 1.165) is 6.07 Å². The van der Waals surface area contributed by atoms with Crippen LogP contribution in [0, 0.1) is 17.5 Å². The van der Waals surface area contributed by atoms with Crippen molar-refractivity contribution in [2.45, 2.75) is 18.9 Å². The van der Waals surface area contributed by atoms with E-state index in [9.17, 15) is 22.8 Å². The summed E-state index contributed by atoms with van der Waals surface area (Å²) in [6.07, 6.45) is 0.991. The van der Waals surface area contributed by atoms with Crippen molar-refractivity contribution in [2.75, 3.05) is 13.1 Å². The Hall–Kier alpha value is -2.83. The van der Waals surface area contributed by atoms with Crippen LogP contribution < -0.4 is 5.32 Å². The lowest BCUT2D eigenvalue weighted by Crippen LogP contribution is -2.46. The zero-order valence-electron chi connectivity index (χ0n) is 13.8. The Morgan fingerprint density at radius 3 is 2.23 bits per heavy atom. The van der Waals surface area contributed by atoms with E-state index in [0.29, 0.717) is 37.6 Å². The molecule has 1 saturated heterocycles. The summed E-state index contributed by atoms with van der Waals surface area (Å²) in [5.74, 6) is -5.39. The lowest BCUT2D eigenvalue weighted by Gasteiger charge is -2.32. The normalized spacial score (nSPS) is 15.0. The summed E-state index contributed by atoms with van der Waals surface area (Å²) in [4.78, 5) is 26.2. The zero-order chi connectivity index (χ0) is 18.7. The van der Waals surface area contributed by atoms with Gasteiger partial charge in [-0.1, -0.05) is 18.2 Å². The molecule has 136 valence electrons. The molecule has 0 aromatic heterocycles. The molecule has 26 heavy (non-hydrogen) atoms. The molecular weight excluding hydrogens is 345 g/mol. The minimum atomic E-state index is -1.67. The van der Waals surface area contributed by atoms with Crippen LogP contribution in [-0.4, -0.2) is 35.8 Å². The average molecular weight is 362 g/mol. The molecule has 7 heteroatoms. The van der Waals surface area contributed by atoms with Crippen molar-refractivity contribution in [1.82, 2.24) is 10.2 Å². The number of hydrogen-bond acceptors (Lipinski definition) is 2. The van der Waals surface area contributed by atoms with E-state index < -0.39 is 28.9 Å². The molecule has 0 bridgehead atoms. The van der Waals surface area contributed by atoms with Crippen LogP contribution in [0.2, 0.25) is 0 Å². The lowest BCUT2D eigenvalue weighted by atomic mass is 10.0. The van der Waals surface area contributed by atoms with Gasteiger partial charge in [0.1, 0.15) is 0 Å². The Morgan fingerprint density at radius 2 is 1.58 bits per heavy atom. The van der Waals surface area contributed by atoms with Gasteiger partial charge < -0.3 is 10.2 Å². The number of benzene rings is 2. The van der Waals surface area contributed by atoms with Gasteiger partial charge in [-0.3, -0.25) is 9.59 Å². The zero-order valence-corrected chi connectivity index (χ0v) is 13.8.